The molecular weight excluding hydrogens is 370 g/mol. The van der Waals surface area contributed by atoms with Crippen LogP contribution in [0.25, 0.3) is 0 Å². The topological polar surface area (TPSA) is 65.1 Å². The first-order valence-corrected chi connectivity index (χ1v) is 10.2. The van der Waals surface area contributed by atoms with Crippen LogP contribution in [0.4, 0.5) is 0 Å². The minimum absolute atomic E-state index is 0.0582. The van der Waals surface area contributed by atoms with Crippen molar-refractivity contribution in [2.24, 2.45) is 0 Å². The smallest absolute Gasteiger partial charge is 0.261 e. The van der Waals surface area contributed by atoms with Crippen LogP contribution in [0.5, 0.6) is 5.75 Å². The maximum atomic E-state index is 12.9. The van der Waals surface area contributed by atoms with Gasteiger partial charge < -0.3 is 14.2 Å². The summed E-state index contributed by atoms with van der Waals surface area (Å²) < 4.78 is 17.2. The molecule has 150 valence electrons. The predicted molar refractivity (Wildman–Crippen MR) is 105 cm³/mol. The summed E-state index contributed by atoms with van der Waals surface area (Å²) in [5.41, 5.74) is 1.97. The third-order valence-electron chi connectivity index (χ3n) is 5.92. The first kappa shape index (κ1) is 18.3. The molecule has 3 atom stereocenters. The van der Waals surface area contributed by atoms with Gasteiger partial charge in [0.25, 0.3) is 11.8 Å². The van der Waals surface area contributed by atoms with Gasteiger partial charge in [0.1, 0.15) is 5.75 Å². The van der Waals surface area contributed by atoms with Crippen molar-refractivity contribution in [2.45, 2.75) is 37.5 Å². The summed E-state index contributed by atoms with van der Waals surface area (Å²) in [7, 11) is 0. The van der Waals surface area contributed by atoms with Crippen LogP contribution in [0.15, 0.2) is 48.5 Å². The minimum atomic E-state index is -0.309. The van der Waals surface area contributed by atoms with Crippen LogP contribution in [-0.2, 0) is 9.47 Å². The molecule has 0 N–H and O–H groups in total. The third kappa shape index (κ3) is 3.32. The van der Waals surface area contributed by atoms with Crippen LogP contribution >= 0.6 is 0 Å². The average Bonchev–Trinajstić information content (AvgIpc) is 3.33. The van der Waals surface area contributed by atoms with E-state index >= 15 is 0 Å². The lowest BCUT2D eigenvalue weighted by Crippen LogP contribution is -2.43. The van der Waals surface area contributed by atoms with Crippen molar-refractivity contribution in [3.63, 3.8) is 0 Å². The van der Waals surface area contributed by atoms with E-state index in [4.69, 9.17) is 14.2 Å². The summed E-state index contributed by atoms with van der Waals surface area (Å²) >= 11 is 0. The minimum Gasteiger partial charge on any atom is -0.465 e. The van der Waals surface area contributed by atoms with Gasteiger partial charge in [-0.15, -0.1) is 0 Å². The second-order valence-corrected chi connectivity index (χ2v) is 7.72. The Morgan fingerprint density at radius 1 is 0.897 bits per heavy atom. The van der Waals surface area contributed by atoms with Gasteiger partial charge in [-0.3, -0.25) is 14.5 Å². The Bertz CT molecular complexity index is 884. The van der Waals surface area contributed by atoms with Gasteiger partial charge in [-0.05, 0) is 42.7 Å². The molecule has 0 saturated carbocycles. The number of carbonyl (C=O) groups is 2. The first-order valence-electron chi connectivity index (χ1n) is 10.2. The Hall–Kier alpha value is -2.70. The van der Waals surface area contributed by atoms with E-state index < -0.39 is 0 Å². The number of imide groups is 1. The fraction of sp³-hybridized carbons (Fsp3) is 0.391. The molecule has 2 aromatic carbocycles. The SMILES string of the molecule is O=C1c2ccccc2C(=O)N1[C@@H]1COC[C@@H]1c1ccc(OC2CCCCO2)cc1. The normalized spacial score (nSPS) is 26.6. The van der Waals surface area contributed by atoms with E-state index in [0.717, 1.165) is 37.2 Å². The molecule has 2 aromatic rings. The fourth-order valence-electron chi connectivity index (χ4n) is 4.37. The van der Waals surface area contributed by atoms with E-state index in [1.54, 1.807) is 24.3 Å². The highest BCUT2D eigenvalue weighted by atomic mass is 16.7. The van der Waals surface area contributed by atoms with Gasteiger partial charge >= 0.3 is 0 Å². The molecule has 3 aliphatic heterocycles. The van der Waals surface area contributed by atoms with Crippen LogP contribution in [0, 0.1) is 0 Å². The lowest BCUT2D eigenvalue weighted by Gasteiger charge is -2.27. The van der Waals surface area contributed by atoms with Crippen LogP contribution in [0.1, 0.15) is 51.5 Å². The maximum Gasteiger partial charge on any atom is 0.261 e. The van der Waals surface area contributed by atoms with E-state index in [1.807, 2.05) is 24.3 Å². The van der Waals surface area contributed by atoms with Crippen molar-refractivity contribution in [2.75, 3.05) is 19.8 Å². The Morgan fingerprint density at radius 2 is 1.62 bits per heavy atom. The standard InChI is InChI=1S/C23H23NO5/c25-22-17-5-1-2-6-18(17)23(26)24(22)20-14-27-13-19(20)15-8-10-16(11-9-15)29-21-7-3-4-12-28-21/h1-2,5-6,8-11,19-21H,3-4,7,12-14H2/t19-,20-,21?/m1/s1. The summed E-state index contributed by atoms with van der Waals surface area (Å²) in [6, 6.07) is 14.5. The van der Waals surface area contributed by atoms with Crippen molar-refractivity contribution in [3.05, 3.63) is 65.2 Å². The van der Waals surface area contributed by atoms with Crippen molar-refractivity contribution in [1.82, 2.24) is 4.90 Å². The second-order valence-electron chi connectivity index (χ2n) is 7.72. The molecule has 2 saturated heterocycles. The molecular formula is C23H23NO5. The molecule has 1 unspecified atom stereocenters. The zero-order chi connectivity index (χ0) is 19.8. The summed E-state index contributed by atoms with van der Waals surface area (Å²) in [6.07, 6.45) is 2.92. The highest BCUT2D eigenvalue weighted by Crippen LogP contribution is 2.35. The Kier molecular flexibility index (Phi) is 4.81. The molecule has 2 amide bonds. The van der Waals surface area contributed by atoms with Gasteiger partial charge in [0, 0.05) is 12.3 Å². The molecule has 6 nitrogen and oxygen atoms in total. The van der Waals surface area contributed by atoms with E-state index in [2.05, 4.69) is 0 Å². The number of carbonyl (C=O) groups excluding carboxylic acids is 2. The molecule has 2 fully saturated rings. The van der Waals surface area contributed by atoms with Crippen LogP contribution in [0.2, 0.25) is 0 Å². The van der Waals surface area contributed by atoms with Crippen molar-refractivity contribution in [3.8, 4) is 5.75 Å². The van der Waals surface area contributed by atoms with Gasteiger partial charge in [-0.25, -0.2) is 0 Å². The zero-order valence-corrected chi connectivity index (χ0v) is 16.1. The van der Waals surface area contributed by atoms with Gasteiger partial charge in [0.05, 0.1) is 37.0 Å². The molecule has 3 heterocycles. The monoisotopic (exact) mass is 393 g/mol. The first-order chi connectivity index (χ1) is 14.2. The van der Waals surface area contributed by atoms with Crippen molar-refractivity contribution in [1.29, 1.82) is 0 Å². The second kappa shape index (κ2) is 7.61. The lowest BCUT2D eigenvalue weighted by atomic mass is 9.93. The number of rotatable bonds is 4. The van der Waals surface area contributed by atoms with Gasteiger partial charge in [0.2, 0.25) is 0 Å². The van der Waals surface area contributed by atoms with Gasteiger partial charge in [-0.2, -0.15) is 0 Å². The molecule has 0 aliphatic carbocycles. The van der Waals surface area contributed by atoms with E-state index in [9.17, 15) is 9.59 Å². The summed E-state index contributed by atoms with van der Waals surface area (Å²) in [5.74, 6) is 0.232. The molecule has 0 spiro atoms. The number of hydrogen-bond donors (Lipinski definition) is 0. The lowest BCUT2D eigenvalue weighted by molar-refractivity contribution is -0.105. The average molecular weight is 393 g/mol. The molecule has 0 bridgehead atoms. The Balaban J connectivity index is 1.33. The van der Waals surface area contributed by atoms with Crippen LogP contribution < -0.4 is 4.74 Å². The quantitative estimate of drug-likeness (QED) is 0.745. The number of nitrogens with zero attached hydrogens (tertiary/aromatic N) is 1. The van der Waals surface area contributed by atoms with Gasteiger partial charge in [-0.1, -0.05) is 24.3 Å². The number of fused-ring (bicyclic) bond motifs is 1. The molecule has 6 heteroatoms. The summed E-state index contributed by atoms with van der Waals surface area (Å²) in [5, 5.41) is 0. The fourth-order valence-corrected chi connectivity index (χ4v) is 4.37. The highest BCUT2D eigenvalue weighted by molar-refractivity contribution is 6.21. The summed E-state index contributed by atoms with van der Waals surface area (Å²) in [6.45, 7) is 1.57. The molecule has 29 heavy (non-hydrogen) atoms. The van der Waals surface area contributed by atoms with Crippen LogP contribution in [0.3, 0.4) is 0 Å². The van der Waals surface area contributed by atoms with Gasteiger partial charge in [0.15, 0.2) is 6.29 Å². The van der Waals surface area contributed by atoms with Crippen molar-refractivity contribution < 1.29 is 23.8 Å². The Labute approximate surface area is 169 Å². The number of amides is 2. The number of hydrogen-bond acceptors (Lipinski definition) is 5. The molecule has 0 radical (unpaired) electrons. The van der Waals surface area contributed by atoms with E-state index in [0.29, 0.717) is 24.3 Å². The Morgan fingerprint density at radius 3 is 2.28 bits per heavy atom. The van der Waals surface area contributed by atoms with Crippen LogP contribution in [-0.4, -0.2) is 48.9 Å². The zero-order valence-electron chi connectivity index (χ0n) is 16.1. The number of benzene rings is 2. The van der Waals surface area contributed by atoms with E-state index in [1.165, 1.54) is 4.90 Å². The predicted octanol–water partition coefficient (Wildman–Crippen LogP) is 3.37. The largest absolute Gasteiger partial charge is 0.465 e. The maximum absolute atomic E-state index is 12.9. The molecule has 5 rings (SSSR count). The van der Waals surface area contributed by atoms with Crippen molar-refractivity contribution >= 4 is 11.8 Å². The highest BCUT2D eigenvalue weighted by Gasteiger charge is 2.45. The molecule has 0 aromatic heterocycles. The van der Waals surface area contributed by atoms with E-state index in [-0.39, 0.29) is 30.1 Å². The number of ether oxygens (including phenoxy) is 3. The third-order valence-corrected chi connectivity index (χ3v) is 5.92. The summed E-state index contributed by atoms with van der Waals surface area (Å²) in [4.78, 5) is 27.1. The molecule has 3 aliphatic rings.